The first-order valence-electron chi connectivity index (χ1n) is 7.77. The van der Waals surface area contributed by atoms with Crippen LogP contribution in [0, 0.1) is 11.3 Å². The van der Waals surface area contributed by atoms with Crippen molar-refractivity contribution in [2.75, 3.05) is 6.54 Å². The molecule has 0 fully saturated rings. The van der Waals surface area contributed by atoms with Gasteiger partial charge < -0.3 is 9.88 Å². The quantitative estimate of drug-likeness (QED) is 0.767. The largest absolute Gasteiger partial charge is 0.352 e. The molecule has 0 unspecified atom stereocenters. The first kappa shape index (κ1) is 16.3. The van der Waals surface area contributed by atoms with Crippen molar-refractivity contribution in [1.82, 2.24) is 25.1 Å². The molecule has 0 bridgehead atoms. The Balaban J connectivity index is 1.62. The van der Waals surface area contributed by atoms with Crippen molar-refractivity contribution in [3.8, 4) is 17.5 Å². The lowest BCUT2D eigenvalue weighted by Crippen LogP contribution is -2.26. The standard InChI is InChI=1S/C18H16N6O/c1-24-16(22-23-17(24)13-5-3-2-4-6-13)8-10-21-18(25)14-7-9-20-15(11-14)12-19/h2-7,9,11H,8,10H2,1H3,(H,21,25). The van der Waals surface area contributed by atoms with Gasteiger partial charge in [-0.25, -0.2) is 4.98 Å². The van der Waals surface area contributed by atoms with Crippen molar-refractivity contribution in [3.63, 3.8) is 0 Å². The maximum Gasteiger partial charge on any atom is 0.251 e. The second-order valence-corrected chi connectivity index (χ2v) is 5.41. The van der Waals surface area contributed by atoms with E-state index in [-0.39, 0.29) is 11.6 Å². The first-order valence-corrected chi connectivity index (χ1v) is 7.77. The van der Waals surface area contributed by atoms with E-state index in [9.17, 15) is 4.79 Å². The molecule has 0 aliphatic heterocycles. The zero-order chi connectivity index (χ0) is 17.6. The van der Waals surface area contributed by atoms with E-state index in [1.54, 1.807) is 6.07 Å². The summed E-state index contributed by atoms with van der Waals surface area (Å²) in [5.74, 6) is 1.32. The van der Waals surface area contributed by atoms with E-state index in [2.05, 4.69) is 20.5 Å². The molecule has 1 amide bonds. The van der Waals surface area contributed by atoms with Crippen molar-refractivity contribution in [2.45, 2.75) is 6.42 Å². The third-order valence-corrected chi connectivity index (χ3v) is 3.77. The molecule has 1 aromatic carbocycles. The van der Waals surface area contributed by atoms with Crippen LogP contribution in [0.25, 0.3) is 11.4 Å². The topological polar surface area (TPSA) is 96.5 Å². The van der Waals surface area contributed by atoms with Gasteiger partial charge in [-0.3, -0.25) is 4.79 Å². The van der Waals surface area contributed by atoms with Crippen molar-refractivity contribution >= 4 is 5.91 Å². The average molecular weight is 332 g/mol. The Labute approximate surface area is 145 Å². The Bertz CT molecular complexity index is 926. The fourth-order valence-electron chi connectivity index (χ4n) is 2.44. The van der Waals surface area contributed by atoms with Gasteiger partial charge >= 0.3 is 0 Å². The zero-order valence-electron chi connectivity index (χ0n) is 13.7. The van der Waals surface area contributed by atoms with Gasteiger partial charge in [0.1, 0.15) is 17.6 Å². The highest BCUT2D eigenvalue weighted by atomic mass is 16.1. The number of pyridine rings is 1. The van der Waals surface area contributed by atoms with E-state index < -0.39 is 0 Å². The van der Waals surface area contributed by atoms with Crippen LogP contribution >= 0.6 is 0 Å². The maximum atomic E-state index is 12.1. The van der Waals surface area contributed by atoms with Crippen LogP contribution in [0.5, 0.6) is 0 Å². The average Bonchev–Trinajstić information content (AvgIpc) is 3.03. The molecule has 0 aliphatic rings. The molecule has 0 spiro atoms. The molecule has 7 nitrogen and oxygen atoms in total. The zero-order valence-corrected chi connectivity index (χ0v) is 13.7. The van der Waals surface area contributed by atoms with Crippen molar-refractivity contribution in [1.29, 1.82) is 5.26 Å². The van der Waals surface area contributed by atoms with E-state index in [0.29, 0.717) is 18.5 Å². The van der Waals surface area contributed by atoms with Crippen LogP contribution in [0.4, 0.5) is 0 Å². The molecule has 0 aliphatic carbocycles. The van der Waals surface area contributed by atoms with Gasteiger partial charge in [0, 0.05) is 37.3 Å². The lowest BCUT2D eigenvalue weighted by Gasteiger charge is -2.06. The number of aromatic nitrogens is 4. The number of hydrogen-bond acceptors (Lipinski definition) is 5. The van der Waals surface area contributed by atoms with Crippen LogP contribution in [-0.2, 0) is 13.5 Å². The summed E-state index contributed by atoms with van der Waals surface area (Å²) >= 11 is 0. The monoisotopic (exact) mass is 332 g/mol. The number of nitrogens with one attached hydrogen (secondary N) is 1. The summed E-state index contributed by atoms with van der Waals surface area (Å²) in [6.07, 6.45) is 2.00. The minimum absolute atomic E-state index is 0.216. The Morgan fingerprint density at radius 3 is 2.80 bits per heavy atom. The van der Waals surface area contributed by atoms with Crippen LogP contribution < -0.4 is 5.32 Å². The van der Waals surface area contributed by atoms with Gasteiger partial charge in [0.15, 0.2) is 5.82 Å². The highest BCUT2D eigenvalue weighted by molar-refractivity contribution is 5.94. The summed E-state index contributed by atoms with van der Waals surface area (Å²) in [7, 11) is 1.90. The molecule has 7 heteroatoms. The molecule has 0 saturated heterocycles. The summed E-state index contributed by atoms with van der Waals surface area (Å²) in [6, 6.07) is 14.8. The number of nitriles is 1. The number of hydrogen-bond donors (Lipinski definition) is 1. The number of nitrogens with zero attached hydrogens (tertiary/aromatic N) is 5. The molecule has 0 radical (unpaired) electrons. The Hall–Kier alpha value is -3.53. The molecule has 25 heavy (non-hydrogen) atoms. The number of rotatable bonds is 5. The Morgan fingerprint density at radius 2 is 2.04 bits per heavy atom. The molecule has 0 saturated carbocycles. The van der Waals surface area contributed by atoms with Gasteiger partial charge in [0.05, 0.1) is 0 Å². The first-order chi connectivity index (χ1) is 12.2. The second kappa shape index (κ2) is 7.36. The third kappa shape index (κ3) is 3.70. The minimum atomic E-state index is -0.246. The smallest absolute Gasteiger partial charge is 0.251 e. The number of carbonyl (C=O) groups excluding carboxylic acids is 1. The summed E-state index contributed by atoms with van der Waals surface area (Å²) in [4.78, 5) is 16.0. The molecule has 3 rings (SSSR count). The summed E-state index contributed by atoms with van der Waals surface area (Å²) < 4.78 is 1.92. The second-order valence-electron chi connectivity index (χ2n) is 5.41. The van der Waals surface area contributed by atoms with Crippen molar-refractivity contribution < 1.29 is 4.79 Å². The van der Waals surface area contributed by atoms with Crippen LogP contribution in [0.1, 0.15) is 21.9 Å². The fourth-order valence-corrected chi connectivity index (χ4v) is 2.44. The van der Waals surface area contributed by atoms with Gasteiger partial charge in [-0.1, -0.05) is 30.3 Å². The number of benzene rings is 1. The highest BCUT2D eigenvalue weighted by Crippen LogP contribution is 2.16. The molecule has 2 heterocycles. The van der Waals surface area contributed by atoms with Gasteiger partial charge in [-0.2, -0.15) is 5.26 Å². The number of amides is 1. The van der Waals surface area contributed by atoms with Crippen LogP contribution in [-0.4, -0.2) is 32.2 Å². The van der Waals surface area contributed by atoms with Gasteiger partial charge in [0.25, 0.3) is 5.91 Å². The normalized spacial score (nSPS) is 10.2. The summed E-state index contributed by atoms with van der Waals surface area (Å²) in [5, 5.41) is 20.1. The lowest BCUT2D eigenvalue weighted by molar-refractivity contribution is 0.0953. The van der Waals surface area contributed by atoms with Gasteiger partial charge in [-0.05, 0) is 12.1 Å². The molecule has 0 atom stereocenters. The SMILES string of the molecule is Cn1c(CCNC(=O)c2ccnc(C#N)c2)nnc1-c1ccccc1. The lowest BCUT2D eigenvalue weighted by atomic mass is 10.2. The molecular formula is C18H16N6O. The van der Waals surface area contributed by atoms with Crippen LogP contribution in [0.15, 0.2) is 48.7 Å². The predicted octanol–water partition coefficient (Wildman–Crippen LogP) is 1.72. The highest BCUT2D eigenvalue weighted by Gasteiger charge is 2.11. The summed E-state index contributed by atoms with van der Waals surface area (Å²) in [6.45, 7) is 0.420. The van der Waals surface area contributed by atoms with E-state index in [1.807, 2.05) is 48.0 Å². The molecule has 3 aromatic rings. The number of carbonyl (C=O) groups is 1. The van der Waals surface area contributed by atoms with Crippen LogP contribution in [0.3, 0.4) is 0 Å². The van der Waals surface area contributed by atoms with E-state index in [1.165, 1.54) is 12.3 Å². The van der Waals surface area contributed by atoms with E-state index in [4.69, 9.17) is 5.26 Å². The predicted molar refractivity (Wildman–Crippen MR) is 91.4 cm³/mol. The maximum absolute atomic E-state index is 12.1. The Kier molecular flexibility index (Phi) is 4.81. The van der Waals surface area contributed by atoms with Crippen molar-refractivity contribution in [3.05, 3.63) is 65.7 Å². The van der Waals surface area contributed by atoms with E-state index >= 15 is 0 Å². The minimum Gasteiger partial charge on any atom is -0.352 e. The van der Waals surface area contributed by atoms with E-state index in [0.717, 1.165) is 17.2 Å². The molecule has 1 N–H and O–H groups in total. The van der Waals surface area contributed by atoms with Gasteiger partial charge in [0.2, 0.25) is 0 Å². The van der Waals surface area contributed by atoms with Crippen LogP contribution in [0.2, 0.25) is 0 Å². The Morgan fingerprint density at radius 1 is 1.24 bits per heavy atom. The van der Waals surface area contributed by atoms with Crippen molar-refractivity contribution in [2.24, 2.45) is 7.05 Å². The fraction of sp³-hybridized carbons (Fsp3) is 0.167. The third-order valence-electron chi connectivity index (χ3n) is 3.77. The van der Waals surface area contributed by atoms with Gasteiger partial charge in [-0.15, -0.1) is 10.2 Å². The molecule has 2 aromatic heterocycles. The summed E-state index contributed by atoms with van der Waals surface area (Å²) in [5.41, 5.74) is 1.62. The molecular weight excluding hydrogens is 316 g/mol. The molecule has 124 valence electrons.